The number of methoxy groups -OCH3 is 1. The maximum Gasteiger partial charge on any atom is 0.410 e. The number of carbonyl (C=O) groups is 2. The van der Waals surface area contributed by atoms with Crippen LogP contribution < -0.4 is 10.6 Å². The van der Waals surface area contributed by atoms with Crippen molar-refractivity contribution in [3.63, 3.8) is 0 Å². The Morgan fingerprint density at radius 2 is 1.18 bits per heavy atom. The molecule has 2 aromatic rings. The van der Waals surface area contributed by atoms with E-state index in [1.54, 1.807) is 41.3 Å². The highest BCUT2D eigenvalue weighted by atomic mass is 79.9. The first-order valence-corrected chi connectivity index (χ1v) is 22.5. The van der Waals surface area contributed by atoms with Crippen LogP contribution in [0.15, 0.2) is 63.6 Å². The Morgan fingerprint density at radius 1 is 0.754 bits per heavy atom. The highest BCUT2D eigenvalue weighted by Gasteiger charge is 2.43. The molecule has 2 aromatic carbocycles. The number of halogens is 2. The second kappa shape index (κ2) is 21.3. The molecule has 0 radical (unpaired) electrons. The first-order chi connectivity index (χ1) is 26.1. The van der Waals surface area contributed by atoms with Crippen LogP contribution in [0.25, 0.3) is 6.08 Å². The van der Waals surface area contributed by atoms with Gasteiger partial charge in [-0.25, -0.2) is 9.59 Å². The van der Waals surface area contributed by atoms with Gasteiger partial charge < -0.3 is 43.0 Å². The topological polar surface area (TPSA) is 149 Å². The van der Waals surface area contributed by atoms with Gasteiger partial charge in [-0.2, -0.15) is 0 Å². The Bertz CT molecular complexity index is 1630. The minimum absolute atomic E-state index is 0.204. The quantitative estimate of drug-likeness (QED) is 0.183. The van der Waals surface area contributed by atoms with E-state index in [0.29, 0.717) is 26.0 Å². The molecule has 1 atom stereocenters. The summed E-state index contributed by atoms with van der Waals surface area (Å²) in [5.41, 5.74) is -0.862. The maximum absolute atomic E-state index is 12.3. The molecule has 13 nitrogen and oxygen atoms in total. The van der Waals surface area contributed by atoms with Crippen molar-refractivity contribution in [2.24, 2.45) is 0 Å². The fourth-order valence-electron chi connectivity index (χ4n) is 4.87. The standard InChI is InChI=1S/C19H26BrNO4.C12H23NO5.C10H14BrO2P/c1-17(2,3)25-16(22)21-19(12-23-18(4,5)24-13-19)11-10-14-6-8-15(20)9-7-14;1-10(2,3)18-9(14)13-12(15-6)7-16-11(4,5)17-8-12;1-3-13-14(2,12)8-9-4-6-10(11)7-5-9/h6-11H,12-13H2,1-5H3,(H,21,22);7-8H2,1-6H3,(H,13,14);4-7H,3,8H2,1-2H3/b11-10+;;. The predicted octanol–water partition coefficient (Wildman–Crippen LogP) is 10.0. The lowest BCUT2D eigenvalue weighted by Crippen LogP contribution is -2.62. The lowest BCUT2D eigenvalue weighted by Gasteiger charge is -2.42. The number of hydrogen-bond acceptors (Lipinski definition) is 11. The second-order valence-electron chi connectivity index (χ2n) is 16.7. The smallest absolute Gasteiger partial charge is 0.410 e. The third kappa shape index (κ3) is 20.5. The molecule has 2 saturated heterocycles. The number of alkyl carbamates (subject to hydrolysis) is 2. The number of benzene rings is 2. The molecule has 2 N–H and O–H groups in total. The van der Waals surface area contributed by atoms with Crippen LogP contribution in [-0.4, -0.2) is 93.0 Å². The average molecular weight is 951 g/mol. The van der Waals surface area contributed by atoms with Crippen LogP contribution in [0.2, 0.25) is 0 Å². The largest absolute Gasteiger partial charge is 0.444 e. The summed E-state index contributed by atoms with van der Waals surface area (Å²) in [5, 5.41) is 5.54. The Kier molecular flexibility index (Phi) is 19.0. The fraction of sp³-hybridized carbons (Fsp3) is 0.610. The monoisotopic (exact) mass is 948 g/mol. The molecule has 0 spiro atoms. The van der Waals surface area contributed by atoms with E-state index in [1.807, 2.05) is 102 Å². The number of hydrogen-bond donors (Lipinski definition) is 2. The third-order valence-corrected chi connectivity index (χ3v) is 10.6. The summed E-state index contributed by atoms with van der Waals surface area (Å²) < 4.78 is 57.5. The molecule has 16 heteroatoms. The van der Waals surface area contributed by atoms with Crippen LogP contribution >= 0.6 is 39.2 Å². The van der Waals surface area contributed by atoms with Gasteiger partial charge in [0, 0.05) is 28.9 Å². The summed E-state index contributed by atoms with van der Waals surface area (Å²) in [7, 11) is -0.956. The molecule has 0 aromatic heterocycles. The van der Waals surface area contributed by atoms with E-state index in [-0.39, 0.29) is 13.2 Å². The summed E-state index contributed by atoms with van der Waals surface area (Å²) in [4.78, 5) is 24.0. The molecule has 57 heavy (non-hydrogen) atoms. The van der Waals surface area contributed by atoms with Crippen molar-refractivity contribution < 1.29 is 51.8 Å². The lowest BCUT2D eigenvalue weighted by atomic mass is 9.98. The molecule has 2 amide bonds. The van der Waals surface area contributed by atoms with Gasteiger partial charge in [-0.3, -0.25) is 9.88 Å². The van der Waals surface area contributed by atoms with Crippen LogP contribution in [0.3, 0.4) is 0 Å². The Labute approximate surface area is 356 Å². The van der Waals surface area contributed by atoms with Crippen LogP contribution in [0.5, 0.6) is 0 Å². The van der Waals surface area contributed by atoms with Crippen LogP contribution in [-0.2, 0) is 48.4 Å². The van der Waals surface area contributed by atoms with Crippen molar-refractivity contribution in [1.29, 1.82) is 0 Å². The summed E-state index contributed by atoms with van der Waals surface area (Å²) in [6.45, 7) is 23.2. The highest BCUT2D eigenvalue weighted by Crippen LogP contribution is 2.46. The van der Waals surface area contributed by atoms with E-state index >= 15 is 0 Å². The molecule has 0 saturated carbocycles. The first kappa shape index (κ1) is 50.8. The average Bonchev–Trinajstić information content (AvgIpc) is 3.07. The number of nitrogens with one attached hydrogen (secondary N) is 2. The molecule has 2 fully saturated rings. The number of carbonyl (C=O) groups excluding carboxylic acids is 2. The van der Waals surface area contributed by atoms with Crippen molar-refractivity contribution in [3.05, 3.63) is 74.7 Å². The van der Waals surface area contributed by atoms with E-state index in [0.717, 1.165) is 20.1 Å². The van der Waals surface area contributed by atoms with E-state index in [4.69, 9.17) is 37.7 Å². The molecule has 322 valence electrons. The van der Waals surface area contributed by atoms with Crippen molar-refractivity contribution in [2.45, 2.75) is 116 Å². The Hall–Kier alpha value is -2.33. The van der Waals surface area contributed by atoms with Crippen molar-refractivity contribution in [3.8, 4) is 0 Å². The van der Waals surface area contributed by atoms with Crippen molar-refractivity contribution >= 4 is 57.5 Å². The van der Waals surface area contributed by atoms with Gasteiger partial charge in [-0.05, 0) is 112 Å². The molecule has 2 aliphatic heterocycles. The van der Waals surface area contributed by atoms with Gasteiger partial charge >= 0.3 is 12.2 Å². The van der Waals surface area contributed by atoms with Gasteiger partial charge in [-0.15, -0.1) is 0 Å². The Morgan fingerprint density at radius 3 is 1.60 bits per heavy atom. The molecule has 2 heterocycles. The van der Waals surface area contributed by atoms with Gasteiger partial charge in [0.25, 0.3) is 0 Å². The van der Waals surface area contributed by atoms with Gasteiger partial charge in [0.2, 0.25) is 7.37 Å². The highest BCUT2D eigenvalue weighted by molar-refractivity contribution is 9.10. The number of ether oxygens (including phenoxy) is 7. The van der Waals surface area contributed by atoms with Crippen LogP contribution in [0.4, 0.5) is 9.59 Å². The first-order valence-electron chi connectivity index (χ1n) is 18.6. The molecular weight excluding hydrogens is 887 g/mol. The SMILES string of the molecule is CC(C)(C)OC(=O)NC1(/C=C/c2ccc(Br)cc2)COC(C)(C)OC1.CCOP(C)(=O)Cc1ccc(Br)cc1.COC1(NC(=O)OC(C)(C)C)COC(C)(C)OC1. The van der Waals surface area contributed by atoms with Gasteiger partial charge in [0.15, 0.2) is 17.3 Å². The zero-order chi connectivity index (χ0) is 43.3. The Balaban J connectivity index is 0.000000309. The van der Waals surface area contributed by atoms with Gasteiger partial charge in [0.1, 0.15) is 30.0 Å². The van der Waals surface area contributed by atoms with Crippen LogP contribution in [0, 0.1) is 0 Å². The lowest BCUT2D eigenvalue weighted by molar-refractivity contribution is -0.310. The van der Waals surface area contributed by atoms with E-state index in [9.17, 15) is 14.2 Å². The molecule has 4 rings (SSSR count). The summed E-state index contributed by atoms with van der Waals surface area (Å²) in [6.07, 6.45) is 3.29. The summed E-state index contributed by atoms with van der Waals surface area (Å²) in [5.74, 6) is -1.35. The maximum atomic E-state index is 12.3. The molecular formula is C41H63Br2N2O11P. The zero-order valence-corrected chi connectivity index (χ0v) is 39.8. The minimum atomic E-state index is -2.44. The second-order valence-corrected chi connectivity index (χ2v) is 21.1. The summed E-state index contributed by atoms with van der Waals surface area (Å²) >= 11 is 6.77. The summed E-state index contributed by atoms with van der Waals surface area (Å²) in [6, 6.07) is 15.7. The van der Waals surface area contributed by atoms with E-state index in [1.165, 1.54) is 7.11 Å². The molecule has 0 bridgehead atoms. The van der Waals surface area contributed by atoms with Crippen molar-refractivity contribution in [1.82, 2.24) is 10.6 Å². The predicted molar refractivity (Wildman–Crippen MR) is 229 cm³/mol. The van der Waals surface area contributed by atoms with E-state index in [2.05, 4.69) is 42.5 Å². The fourth-order valence-corrected chi connectivity index (χ4v) is 6.91. The van der Waals surface area contributed by atoms with Crippen molar-refractivity contribution in [2.75, 3.05) is 46.8 Å². The normalized spacial score (nSPS) is 19.4. The third-order valence-electron chi connectivity index (χ3n) is 7.78. The molecule has 1 unspecified atom stereocenters. The van der Waals surface area contributed by atoms with Crippen LogP contribution in [0.1, 0.15) is 87.3 Å². The number of amides is 2. The molecule has 0 aliphatic carbocycles. The molecule has 2 aliphatic rings. The zero-order valence-electron chi connectivity index (χ0n) is 35.7. The van der Waals surface area contributed by atoms with Gasteiger partial charge in [0.05, 0.1) is 19.8 Å². The minimum Gasteiger partial charge on any atom is -0.444 e. The number of rotatable bonds is 9. The van der Waals surface area contributed by atoms with E-state index < -0.39 is 53.6 Å². The van der Waals surface area contributed by atoms with Gasteiger partial charge in [-0.1, -0.05) is 68.3 Å².